The fourth-order valence-corrected chi connectivity index (χ4v) is 5.01. The van der Waals surface area contributed by atoms with Crippen LogP contribution in [0.1, 0.15) is 19.8 Å². The molecule has 0 aliphatic carbocycles. The Bertz CT molecular complexity index is 997. The number of halogens is 1. The van der Waals surface area contributed by atoms with Crippen LogP contribution in [0.2, 0.25) is 0 Å². The second kappa shape index (κ2) is 10.1. The van der Waals surface area contributed by atoms with Gasteiger partial charge in [-0.05, 0) is 56.2 Å². The van der Waals surface area contributed by atoms with Gasteiger partial charge in [0.15, 0.2) is 11.5 Å². The highest BCUT2D eigenvalue weighted by Gasteiger charge is 2.33. The number of hydrogen-bond acceptors (Lipinski definition) is 5. The van der Waals surface area contributed by atoms with E-state index in [1.807, 2.05) is 19.1 Å². The summed E-state index contributed by atoms with van der Waals surface area (Å²) in [7, 11) is -2.22. The van der Waals surface area contributed by atoms with Gasteiger partial charge in [-0.3, -0.25) is 4.79 Å². The van der Waals surface area contributed by atoms with Crippen LogP contribution in [0.3, 0.4) is 0 Å². The van der Waals surface area contributed by atoms with Gasteiger partial charge in [-0.15, -0.1) is 0 Å². The topological polar surface area (TPSA) is 84.9 Å². The van der Waals surface area contributed by atoms with Gasteiger partial charge in [0.1, 0.15) is 12.4 Å². The van der Waals surface area contributed by atoms with Gasteiger partial charge < -0.3 is 14.8 Å². The Labute approximate surface area is 182 Å². The summed E-state index contributed by atoms with van der Waals surface area (Å²) in [4.78, 5) is 12.8. The first-order chi connectivity index (χ1) is 14.8. The molecule has 1 heterocycles. The Morgan fingerprint density at radius 1 is 1.19 bits per heavy atom. The van der Waals surface area contributed by atoms with Crippen LogP contribution in [-0.2, 0) is 14.8 Å². The lowest BCUT2D eigenvalue weighted by molar-refractivity contribution is -0.126. The Hall–Kier alpha value is -2.65. The van der Waals surface area contributed by atoms with E-state index in [4.69, 9.17) is 9.47 Å². The highest BCUT2D eigenvalue weighted by atomic mass is 32.2. The number of hydrogen-bond donors (Lipinski definition) is 1. The number of amides is 1. The summed E-state index contributed by atoms with van der Waals surface area (Å²) in [5.41, 5.74) is 0. The quantitative estimate of drug-likeness (QED) is 0.669. The summed E-state index contributed by atoms with van der Waals surface area (Å²) in [6.07, 6.45) is 1.17. The summed E-state index contributed by atoms with van der Waals surface area (Å²) in [6.45, 7) is 2.49. The molecule has 3 rings (SSSR count). The molecule has 31 heavy (non-hydrogen) atoms. The summed E-state index contributed by atoms with van der Waals surface area (Å²) in [6, 6.07) is 11.7. The van der Waals surface area contributed by atoms with Crippen molar-refractivity contribution in [3.05, 3.63) is 54.3 Å². The normalized spacial score (nSPS) is 18.2. The van der Waals surface area contributed by atoms with Gasteiger partial charge in [-0.1, -0.05) is 12.1 Å². The van der Waals surface area contributed by atoms with E-state index in [0.29, 0.717) is 30.9 Å². The second-order valence-electron chi connectivity index (χ2n) is 7.53. The number of carbonyl (C=O) groups is 1. The third-order valence-electron chi connectivity index (χ3n) is 5.15. The Kier molecular flexibility index (Phi) is 7.50. The molecule has 0 saturated carbocycles. The first kappa shape index (κ1) is 23.0. The van der Waals surface area contributed by atoms with E-state index in [1.54, 1.807) is 19.2 Å². The summed E-state index contributed by atoms with van der Waals surface area (Å²) < 4.78 is 51.1. The number of para-hydroxylation sites is 2. The lowest BCUT2D eigenvalue weighted by Crippen LogP contribution is -2.48. The van der Waals surface area contributed by atoms with Gasteiger partial charge in [-0.25, -0.2) is 12.8 Å². The Morgan fingerprint density at radius 2 is 1.87 bits per heavy atom. The highest BCUT2D eigenvalue weighted by molar-refractivity contribution is 7.89. The van der Waals surface area contributed by atoms with E-state index < -0.39 is 21.8 Å². The molecule has 1 aliphatic rings. The van der Waals surface area contributed by atoms with E-state index >= 15 is 0 Å². The Balaban J connectivity index is 1.57. The van der Waals surface area contributed by atoms with Gasteiger partial charge in [0.2, 0.25) is 15.9 Å². The molecule has 0 spiro atoms. The van der Waals surface area contributed by atoms with E-state index in [2.05, 4.69) is 5.32 Å². The average molecular weight is 451 g/mol. The molecule has 1 fully saturated rings. The van der Waals surface area contributed by atoms with Crippen molar-refractivity contribution in [1.82, 2.24) is 9.62 Å². The molecule has 2 aromatic rings. The zero-order valence-electron chi connectivity index (χ0n) is 17.6. The first-order valence-corrected chi connectivity index (χ1v) is 11.6. The van der Waals surface area contributed by atoms with Crippen LogP contribution in [0, 0.1) is 11.7 Å². The molecule has 1 saturated heterocycles. The van der Waals surface area contributed by atoms with Crippen molar-refractivity contribution in [2.24, 2.45) is 5.92 Å². The van der Waals surface area contributed by atoms with Gasteiger partial charge in [0, 0.05) is 13.1 Å². The Morgan fingerprint density at radius 3 is 2.55 bits per heavy atom. The van der Waals surface area contributed by atoms with Crippen LogP contribution in [0.4, 0.5) is 4.39 Å². The van der Waals surface area contributed by atoms with Crippen molar-refractivity contribution in [1.29, 1.82) is 0 Å². The molecule has 0 aromatic heterocycles. The highest BCUT2D eigenvalue weighted by Crippen LogP contribution is 2.26. The monoisotopic (exact) mass is 450 g/mol. The zero-order chi connectivity index (χ0) is 22.4. The summed E-state index contributed by atoms with van der Waals surface area (Å²) in [5, 5.41) is 2.90. The predicted molar refractivity (Wildman–Crippen MR) is 114 cm³/mol. The number of ether oxygens (including phenoxy) is 2. The molecule has 2 atom stereocenters. The van der Waals surface area contributed by atoms with Gasteiger partial charge in [0.05, 0.1) is 24.0 Å². The molecule has 1 N–H and O–H groups in total. The maximum atomic E-state index is 13.1. The molecule has 168 valence electrons. The maximum absolute atomic E-state index is 13.1. The van der Waals surface area contributed by atoms with Crippen LogP contribution in [-0.4, -0.2) is 51.5 Å². The molecule has 9 heteroatoms. The molecule has 0 radical (unpaired) electrons. The molecule has 2 aromatic carbocycles. The van der Waals surface area contributed by atoms with Crippen molar-refractivity contribution in [2.75, 3.05) is 26.8 Å². The van der Waals surface area contributed by atoms with Crippen LogP contribution in [0.25, 0.3) is 0 Å². The number of carbonyl (C=O) groups excluding carboxylic acids is 1. The molecule has 0 unspecified atom stereocenters. The van der Waals surface area contributed by atoms with Crippen molar-refractivity contribution in [3.8, 4) is 11.5 Å². The number of methoxy groups -OCH3 is 1. The number of piperidine rings is 1. The minimum Gasteiger partial charge on any atom is -0.493 e. The molecular weight excluding hydrogens is 423 g/mol. The maximum Gasteiger partial charge on any atom is 0.243 e. The SMILES string of the molecule is COc1ccccc1OC[C@H](C)NC(=O)[C@@H]1CCCN(S(=O)(=O)c2ccc(F)cc2)C1. The molecule has 7 nitrogen and oxygen atoms in total. The standard InChI is InChI=1S/C22H27FN2O5S/c1-16(15-30-21-8-4-3-7-20(21)29-2)24-22(26)17-6-5-13-25(14-17)31(27,28)19-11-9-18(23)10-12-19/h3-4,7-12,16-17H,5-6,13-15H2,1-2H3,(H,24,26)/t16-,17+/m0/s1. The van der Waals surface area contributed by atoms with Crippen LogP contribution >= 0.6 is 0 Å². The third kappa shape index (κ3) is 5.74. The number of nitrogens with zero attached hydrogens (tertiary/aromatic N) is 1. The minimum atomic E-state index is -3.78. The van der Waals surface area contributed by atoms with E-state index in [0.717, 1.165) is 12.1 Å². The van der Waals surface area contributed by atoms with E-state index in [9.17, 15) is 17.6 Å². The first-order valence-electron chi connectivity index (χ1n) is 10.1. The van der Waals surface area contributed by atoms with Crippen molar-refractivity contribution >= 4 is 15.9 Å². The van der Waals surface area contributed by atoms with Gasteiger partial charge in [0.25, 0.3) is 0 Å². The van der Waals surface area contributed by atoms with Crippen molar-refractivity contribution < 1.29 is 27.1 Å². The lowest BCUT2D eigenvalue weighted by atomic mass is 9.98. The number of rotatable bonds is 8. The van der Waals surface area contributed by atoms with Crippen LogP contribution in [0.15, 0.2) is 53.4 Å². The van der Waals surface area contributed by atoms with E-state index in [-0.39, 0.29) is 30.0 Å². The van der Waals surface area contributed by atoms with Gasteiger partial charge in [-0.2, -0.15) is 4.31 Å². The lowest BCUT2D eigenvalue weighted by Gasteiger charge is -2.31. The second-order valence-corrected chi connectivity index (χ2v) is 9.47. The number of sulfonamides is 1. The number of nitrogens with one attached hydrogen (secondary N) is 1. The van der Waals surface area contributed by atoms with Crippen molar-refractivity contribution in [2.45, 2.75) is 30.7 Å². The predicted octanol–water partition coefficient (Wildman–Crippen LogP) is 2.82. The zero-order valence-corrected chi connectivity index (χ0v) is 18.4. The largest absolute Gasteiger partial charge is 0.493 e. The molecular formula is C22H27FN2O5S. The number of benzene rings is 2. The fourth-order valence-electron chi connectivity index (χ4n) is 3.49. The molecule has 0 bridgehead atoms. The van der Waals surface area contributed by atoms with Crippen LogP contribution < -0.4 is 14.8 Å². The third-order valence-corrected chi connectivity index (χ3v) is 7.03. The van der Waals surface area contributed by atoms with E-state index in [1.165, 1.54) is 16.4 Å². The summed E-state index contributed by atoms with van der Waals surface area (Å²) >= 11 is 0. The van der Waals surface area contributed by atoms with Crippen molar-refractivity contribution in [3.63, 3.8) is 0 Å². The summed E-state index contributed by atoms with van der Waals surface area (Å²) in [5.74, 6) is 0.0160. The van der Waals surface area contributed by atoms with Gasteiger partial charge >= 0.3 is 0 Å². The smallest absolute Gasteiger partial charge is 0.243 e. The minimum absolute atomic E-state index is 0.0218. The molecule has 1 amide bonds. The average Bonchev–Trinajstić information content (AvgIpc) is 2.78. The van der Waals surface area contributed by atoms with Crippen LogP contribution in [0.5, 0.6) is 11.5 Å². The molecule has 1 aliphatic heterocycles. The fraction of sp³-hybridized carbons (Fsp3) is 0.409.